The highest BCUT2D eigenvalue weighted by Crippen LogP contribution is 2.14. The monoisotopic (exact) mass is 263 g/mol. The smallest absolute Gasteiger partial charge is 0.246 e. The van der Waals surface area contributed by atoms with Crippen LogP contribution in [0.5, 0.6) is 0 Å². The molecule has 0 heterocycles. The number of sulfonamides is 1. The van der Waals surface area contributed by atoms with Crippen molar-refractivity contribution in [2.45, 2.75) is 12.8 Å². The van der Waals surface area contributed by atoms with E-state index in [1.165, 1.54) is 0 Å². The number of halogens is 1. The van der Waals surface area contributed by atoms with Crippen molar-refractivity contribution in [3.63, 3.8) is 0 Å². The van der Waals surface area contributed by atoms with Gasteiger partial charge in [0.15, 0.2) is 0 Å². The van der Waals surface area contributed by atoms with Crippen molar-refractivity contribution in [3.05, 3.63) is 29.8 Å². The fraction of sp³-hybridized carbons (Fsp3) is 0.400. The van der Waals surface area contributed by atoms with E-state index in [2.05, 4.69) is 4.72 Å². The van der Waals surface area contributed by atoms with Gasteiger partial charge in [0.1, 0.15) is 5.21 Å². The first-order valence-electron chi connectivity index (χ1n) is 4.83. The van der Waals surface area contributed by atoms with E-state index in [9.17, 15) is 8.42 Å². The molecule has 2 N–H and O–H groups in total. The summed E-state index contributed by atoms with van der Waals surface area (Å²) in [6.45, 7) is 0.123. The molecule has 0 radical (unpaired) electrons. The van der Waals surface area contributed by atoms with Crippen LogP contribution in [0.2, 0.25) is 0 Å². The maximum atomic E-state index is 11.2. The van der Waals surface area contributed by atoms with Crippen LogP contribution in [0, 0.1) is 0 Å². The number of nitrogens with one attached hydrogen (secondary N) is 1. The third kappa shape index (κ3) is 4.38. The minimum absolute atomic E-state index is 0.123. The summed E-state index contributed by atoms with van der Waals surface area (Å²) in [5, 5.41) is 8.23. The lowest BCUT2D eigenvalue weighted by Crippen LogP contribution is -2.13. The van der Waals surface area contributed by atoms with E-state index in [1.54, 1.807) is 18.2 Å². The normalized spacial score (nSPS) is 11.4. The van der Waals surface area contributed by atoms with Gasteiger partial charge in [-0.25, -0.2) is 8.42 Å². The number of rotatable bonds is 6. The van der Waals surface area contributed by atoms with Crippen LogP contribution in [-0.2, 0) is 16.4 Å². The number of anilines is 1. The van der Waals surface area contributed by atoms with E-state index in [0.29, 0.717) is 18.5 Å². The number of aliphatic hydroxyl groups is 1. The largest absolute Gasteiger partial charge is 0.396 e. The van der Waals surface area contributed by atoms with Crippen LogP contribution in [0.25, 0.3) is 0 Å². The van der Waals surface area contributed by atoms with E-state index in [4.69, 9.17) is 16.7 Å². The lowest BCUT2D eigenvalue weighted by Gasteiger charge is -2.07. The van der Waals surface area contributed by atoms with Crippen LogP contribution in [0.1, 0.15) is 12.0 Å². The van der Waals surface area contributed by atoms with Crippen LogP contribution in [0.15, 0.2) is 24.3 Å². The van der Waals surface area contributed by atoms with Crippen molar-refractivity contribution >= 4 is 27.3 Å². The molecule has 0 amide bonds. The Morgan fingerprint density at radius 3 is 2.75 bits per heavy atom. The van der Waals surface area contributed by atoms with E-state index >= 15 is 0 Å². The minimum Gasteiger partial charge on any atom is -0.396 e. The average molecular weight is 264 g/mol. The van der Waals surface area contributed by atoms with Gasteiger partial charge in [0.05, 0.1) is 0 Å². The molecule has 1 rings (SSSR count). The Morgan fingerprint density at radius 1 is 1.38 bits per heavy atom. The Labute approximate surface area is 100 Å². The summed E-state index contributed by atoms with van der Waals surface area (Å²) in [7, 11) is -3.44. The predicted octanol–water partition coefficient (Wildman–Crippen LogP) is 1.55. The number of alkyl halides is 1. The third-order valence-electron chi connectivity index (χ3n) is 1.97. The SMILES string of the molecule is O=S(=O)(CCl)Nc1cccc(CCCO)c1. The number of aryl methyl sites for hydroxylation is 1. The lowest BCUT2D eigenvalue weighted by atomic mass is 10.1. The van der Waals surface area contributed by atoms with Gasteiger partial charge in [0.25, 0.3) is 0 Å². The van der Waals surface area contributed by atoms with Gasteiger partial charge < -0.3 is 5.11 Å². The first-order valence-corrected chi connectivity index (χ1v) is 7.02. The summed E-state index contributed by atoms with van der Waals surface area (Å²) in [4.78, 5) is 0. The molecule has 0 aliphatic heterocycles. The molecule has 0 bridgehead atoms. The summed E-state index contributed by atoms with van der Waals surface area (Å²) in [6, 6.07) is 7.04. The molecule has 0 unspecified atom stereocenters. The molecule has 0 aliphatic rings. The van der Waals surface area contributed by atoms with Crippen molar-refractivity contribution in [2.75, 3.05) is 16.5 Å². The standard InChI is InChI=1S/C10H14ClNO3S/c11-8-16(14,15)12-10-5-1-3-9(7-10)4-2-6-13/h1,3,5,7,12-13H,2,4,6,8H2. The van der Waals surface area contributed by atoms with Crippen LogP contribution in [0.4, 0.5) is 5.69 Å². The van der Waals surface area contributed by atoms with E-state index < -0.39 is 15.2 Å². The van der Waals surface area contributed by atoms with Crippen molar-refractivity contribution in [1.82, 2.24) is 0 Å². The maximum Gasteiger partial charge on any atom is 0.246 e. The van der Waals surface area contributed by atoms with E-state index in [1.807, 2.05) is 6.07 Å². The molecule has 6 heteroatoms. The quantitative estimate of drug-likeness (QED) is 0.766. The molecule has 0 aromatic heterocycles. The number of hydrogen-bond donors (Lipinski definition) is 2. The molecule has 0 aliphatic carbocycles. The molecule has 0 atom stereocenters. The van der Waals surface area contributed by atoms with Gasteiger partial charge in [-0.05, 0) is 30.5 Å². The second-order valence-electron chi connectivity index (χ2n) is 3.35. The fourth-order valence-electron chi connectivity index (χ4n) is 1.28. The Bertz CT molecular complexity index is 433. The minimum atomic E-state index is -3.44. The highest BCUT2D eigenvalue weighted by atomic mass is 35.5. The summed E-state index contributed by atoms with van der Waals surface area (Å²) >= 11 is 5.28. The molecule has 0 spiro atoms. The fourth-order valence-corrected chi connectivity index (χ4v) is 1.98. The van der Waals surface area contributed by atoms with Gasteiger partial charge in [0, 0.05) is 12.3 Å². The predicted molar refractivity (Wildman–Crippen MR) is 65.1 cm³/mol. The highest BCUT2D eigenvalue weighted by molar-refractivity contribution is 7.93. The summed E-state index contributed by atoms with van der Waals surface area (Å²) in [5.74, 6) is 0. The Kier molecular flexibility index (Phi) is 5.05. The van der Waals surface area contributed by atoms with Gasteiger partial charge >= 0.3 is 0 Å². The van der Waals surface area contributed by atoms with Gasteiger partial charge in [-0.15, -0.1) is 11.6 Å². The van der Waals surface area contributed by atoms with E-state index in [-0.39, 0.29) is 6.61 Å². The maximum absolute atomic E-state index is 11.2. The van der Waals surface area contributed by atoms with Gasteiger partial charge in [-0.2, -0.15) is 0 Å². The molecule has 90 valence electrons. The lowest BCUT2D eigenvalue weighted by molar-refractivity contribution is 0.288. The summed E-state index contributed by atoms with van der Waals surface area (Å²) in [6.07, 6.45) is 1.37. The molecule has 0 saturated heterocycles. The first kappa shape index (κ1) is 13.3. The van der Waals surface area contributed by atoms with Gasteiger partial charge in [-0.1, -0.05) is 12.1 Å². The average Bonchev–Trinajstić information content (AvgIpc) is 2.26. The van der Waals surface area contributed by atoms with Gasteiger partial charge in [-0.3, -0.25) is 4.72 Å². The second kappa shape index (κ2) is 6.08. The molecular formula is C10H14ClNO3S. The van der Waals surface area contributed by atoms with Crippen molar-refractivity contribution in [1.29, 1.82) is 0 Å². The molecule has 16 heavy (non-hydrogen) atoms. The molecule has 4 nitrogen and oxygen atoms in total. The van der Waals surface area contributed by atoms with E-state index in [0.717, 1.165) is 5.56 Å². The number of benzene rings is 1. The Balaban J connectivity index is 2.75. The summed E-state index contributed by atoms with van der Waals surface area (Å²) in [5.41, 5.74) is 1.47. The zero-order chi connectivity index (χ0) is 12.0. The molecule has 0 fully saturated rings. The van der Waals surface area contributed by atoms with Gasteiger partial charge in [0.2, 0.25) is 10.0 Å². The zero-order valence-electron chi connectivity index (χ0n) is 8.69. The van der Waals surface area contributed by atoms with Crippen molar-refractivity contribution in [2.24, 2.45) is 0 Å². The van der Waals surface area contributed by atoms with Crippen LogP contribution >= 0.6 is 11.6 Å². The molecule has 1 aromatic carbocycles. The molecule has 1 aromatic rings. The third-order valence-corrected chi connectivity index (χ3v) is 3.66. The van der Waals surface area contributed by atoms with Crippen molar-refractivity contribution < 1.29 is 13.5 Å². The number of hydrogen-bond acceptors (Lipinski definition) is 3. The van der Waals surface area contributed by atoms with Crippen LogP contribution < -0.4 is 4.72 Å². The number of aliphatic hydroxyl groups excluding tert-OH is 1. The zero-order valence-corrected chi connectivity index (χ0v) is 10.3. The first-order chi connectivity index (χ1) is 7.57. The van der Waals surface area contributed by atoms with Crippen LogP contribution in [0.3, 0.4) is 0 Å². The topological polar surface area (TPSA) is 66.4 Å². The molecular weight excluding hydrogens is 250 g/mol. The molecule has 0 saturated carbocycles. The Morgan fingerprint density at radius 2 is 2.12 bits per heavy atom. The van der Waals surface area contributed by atoms with Crippen molar-refractivity contribution in [3.8, 4) is 0 Å². The van der Waals surface area contributed by atoms with Crippen LogP contribution in [-0.4, -0.2) is 25.3 Å². The summed E-state index contributed by atoms with van der Waals surface area (Å²) < 4.78 is 24.8. The highest BCUT2D eigenvalue weighted by Gasteiger charge is 2.07. The Hall–Kier alpha value is -0.780. The second-order valence-corrected chi connectivity index (χ2v) is 5.66.